The number of hydrogen-bond donors (Lipinski definition) is 2. The van der Waals surface area contributed by atoms with Crippen LogP contribution < -0.4 is 10.6 Å². The van der Waals surface area contributed by atoms with Gasteiger partial charge in [-0.3, -0.25) is 0 Å². The zero-order chi connectivity index (χ0) is 15.0. The second-order valence-electron chi connectivity index (χ2n) is 4.85. The fraction of sp³-hybridized carbons (Fsp3) is 0.533. The number of unbranched alkanes of at least 4 members (excludes halogenated alkanes) is 1. The van der Waals surface area contributed by atoms with Crippen LogP contribution >= 0.6 is 0 Å². The Morgan fingerprint density at radius 1 is 1.25 bits per heavy atom. The van der Waals surface area contributed by atoms with Crippen molar-refractivity contribution in [3.8, 4) is 0 Å². The van der Waals surface area contributed by atoms with Gasteiger partial charge in [0.25, 0.3) is 0 Å². The number of carbonyl (C=O) groups excluding carboxylic acids is 1. The van der Waals surface area contributed by atoms with Gasteiger partial charge in [0.1, 0.15) is 17.3 Å². The largest absolute Gasteiger partial charge is 0.338 e. The minimum Gasteiger partial charge on any atom is -0.338 e. The first-order chi connectivity index (χ1) is 9.58. The second kappa shape index (κ2) is 8.51. The van der Waals surface area contributed by atoms with E-state index >= 15 is 0 Å². The van der Waals surface area contributed by atoms with Crippen molar-refractivity contribution in [2.24, 2.45) is 5.92 Å². The highest BCUT2D eigenvalue weighted by Gasteiger charge is 2.13. The van der Waals surface area contributed by atoms with Crippen LogP contribution in [-0.4, -0.2) is 12.6 Å². The summed E-state index contributed by atoms with van der Waals surface area (Å²) in [6, 6.07) is 2.89. The number of carbonyl (C=O) groups is 1. The molecule has 5 heteroatoms. The lowest BCUT2D eigenvalue weighted by atomic mass is 9.99. The molecule has 0 aliphatic carbocycles. The van der Waals surface area contributed by atoms with Gasteiger partial charge in [0.05, 0.1) is 0 Å². The molecule has 2 N–H and O–H groups in total. The Balaban J connectivity index is 2.47. The third-order valence-corrected chi connectivity index (χ3v) is 3.30. The first kappa shape index (κ1) is 16.4. The van der Waals surface area contributed by atoms with E-state index in [-0.39, 0.29) is 0 Å². The van der Waals surface area contributed by atoms with Gasteiger partial charge in [-0.25, -0.2) is 13.6 Å². The molecule has 0 aliphatic heterocycles. The molecule has 1 aromatic carbocycles. The zero-order valence-electron chi connectivity index (χ0n) is 12.0. The van der Waals surface area contributed by atoms with Crippen LogP contribution in [0.15, 0.2) is 18.2 Å². The number of hydrogen-bond acceptors (Lipinski definition) is 1. The fourth-order valence-electron chi connectivity index (χ4n) is 1.96. The van der Waals surface area contributed by atoms with Crippen molar-refractivity contribution in [2.75, 3.05) is 11.9 Å². The van der Waals surface area contributed by atoms with E-state index in [2.05, 4.69) is 24.5 Å². The summed E-state index contributed by atoms with van der Waals surface area (Å²) in [6.07, 6.45) is 4.24. The van der Waals surface area contributed by atoms with Crippen LogP contribution in [0, 0.1) is 17.6 Å². The Morgan fingerprint density at radius 3 is 2.45 bits per heavy atom. The molecule has 1 aromatic rings. The Bertz CT molecular complexity index is 418. The lowest BCUT2D eigenvalue weighted by Gasteiger charge is -2.16. The maximum atomic E-state index is 13.4. The number of amides is 2. The van der Waals surface area contributed by atoms with Crippen LogP contribution in [0.2, 0.25) is 0 Å². The molecule has 1 rings (SSSR count). The molecule has 2 amide bonds. The Morgan fingerprint density at radius 2 is 1.90 bits per heavy atom. The van der Waals surface area contributed by atoms with Crippen LogP contribution in [0.25, 0.3) is 0 Å². The Labute approximate surface area is 118 Å². The monoisotopic (exact) mass is 284 g/mol. The lowest BCUT2D eigenvalue weighted by molar-refractivity contribution is 0.249. The molecule has 3 nitrogen and oxygen atoms in total. The smallest absolute Gasteiger partial charge is 0.319 e. The van der Waals surface area contributed by atoms with Crippen LogP contribution in [-0.2, 0) is 0 Å². The van der Waals surface area contributed by atoms with E-state index in [1.807, 2.05) is 0 Å². The van der Waals surface area contributed by atoms with E-state index in [1.165, 1.54) is 6.07 Å². The third kappa shape index (κ3) is 5.15. The third-order valence-electron chi connectivity index (χ3n) is 3.30. The molecule has 0 aromatic heterocycles. The van der Waals surface area contributed by atoms with Gasteiger partial charge < -0.3 is 10.6 Å². The summed E-state index contributed by atoms with van der Waals surface area (Å²) < 4.78 is 26.7. The second-order valence-corrected chi connectivity index (χ2v) is 4.85. The van der Waals surface area contributed by atoms with E-state index in [0.717, 1.165) is 37.8 Å². The van der Waals surface area contributed by atoms with Crippen molar-refractivity contribution >= 4 is 11.7 Å². The number of rotatable bonds is 7. The number of urea groups is 1. The summed E-state index contributed by atoms with van der Waals surface area (Å²) in [4.78, 5) is 11.7. The first-order valence-electron chi connectivity index (χ1n) is 7.07. The molecule has 20 heavy (non-hydrogen) atoms. The van der Waals surface area contributed by atoms with Gasteiger partial charge in [0.15, 0.2) is 0 Å². The van der Waals surface area contributed by atoms with E-state index in [4.69, 9.17) is 0 Å². The van der Waals surface area contributed by atoms with Crippen LogP contribution in [0.4, 0.5) is 19.3 Å². The molecule has 0 radical (unpaired) electrons. The number of benzene rings is 1. The highest BCUT2D eigenvalue weighted by atomic mass is 19.1. The molecule has 112 valence electrons. The number of anilines is 1. The van der Waals surface area contributed by atoms with Crippen molar-refractivity contribution in [1.29, 1.82) is 0 Å². The summed E-state index contributed by atoms with van der Waals surface area (Å²) in [5.41, 5.74) is -0.411. The SMILES string of the molecule is CCCCC(CC)CNC(=O)Nc1c(F)cccc1F. The van der Waals surface area contributed by atoms with Gasteiger partial charge >= 0.3 is 6.03 Å². The van der Waals surface area contributed by atoms with E-state index < -0.39 is 23.4 Å². The molecule has 1 unspecified atom stereocenters. The predicted octanol–water partition coefficient (Wildman–Crippen LogP) is 4.30. The van der Waals surface area contributed by atoms with Crippen LogP contribution in [0.3, 0.4) is 0 Å². The fourth-order valence-corrected chi connectivity index (χ4v) is 1.96. The number of para-hydroxylation sites is 1. The van der Waals surface area contributed by atoms with Crippen LogP contribution in [0.1, 0.15) is 39.5 Å². The quantitative estimate of drug-likeness (QED) is 0.770. The maximum absolute atomic E-state index is 13.4. The molecule has 0 spiro atoms. The predicted molar refractivity (Wildman–Crippen MR) is 76.7 cm³/mol. The van der Waals surface area contributed by atoms with Crippen molar-refractivity contribution in [2.45, 2.75) is 39.5 Å². The Hall–Kier alpha value is -1.65. The van der Waals surface area contributed by atoms with Crippen molar-refractivity contribution < 1.29 is 13.6 Å². The molecule has 0 saturated heterocycles. The molecule has 0 bridgehead atoms. The summed E-state index contributed by atoms with van der Waals surface area (Å²) in [5.74, 6) is -1.16. The molecular formula is C15H22F2N2O. The minimum atomic E-state index is -0.779. The van der Waals surface area contributed by atoms with Gasteiger partial charge in [-0.2, -0.15) is 0 Å². The highest BCUT2D eigenvalue weighted by Crippen LogP contribution is 2.17. The molecule has 0 saturated carbocycles. The zero-order valence-corrected chi connectivity index (χ0v) is 12.0. The number of halogens is 2. The van der Waals surface area contributed by atoms with E-state index in [1.54, 1.807) is 0 Å². The Kier molecular flexibility index (Phi) is 6.98. The summed E-state index contributed by atoms with van der Waals surface area (Å²) in [7, 11) is 0. The van der Waals surface area contributed by atoms with Gasteiger partial charge in [0.2, 0.25) is 0 Å². The number of nitrogens with one attached hydrogen (secondary N) is 2. The van der Waals surface area contributed by atoms with Gasteiger partial charge in [0, 0.05) is 6.54 Å². The average molecular weight is 284 g/mol. The van der Waals surface area contributed by atoms with Crippen molar-refractivity contribution in [3.63, 3.8) is 0 Å². The molecule has 1 atom stereocenters. The highest BCUT2D eigenvalue weighted by molar-refractivity contribution is 5.89. The first-order valence-corrected chi connectivity index (χ1v) is 7.07. The molecule has 0 aliphatic rings. The minimum absolute atomic E-state index is 0.395. The maximum Gasteiger partial charge on any atom is 0.319 e. The molecule has 0 heterocycles. The van der Waals surface area contributed by atoms with Gasteiger partial charge in [-0.1, -0.05) is 39.2 Å². The summed E-state index contributed by atoms with van der Waals surface area (Å²) >= 11 is 0. The van der Waals surface area contributed by atoms with Crippen molar-refractivity contribution in [1.82, 2.24) is 5.32 Å². The molecular weight excluding hydrogens is 262 g/mol. The average Bonchev–Trinajstić information content (AvgIpc) is 2.43. The van der Waals surface area contributed by atoms with Crippen molar-refractivity contribution in [3.05, 3.63) is 29.8 Å². The van der Waals surface area contributed by atoms with Gasteiger partial charge in [-0.15, -0.1) is 0 Å². The normalized spacial score (nSPS) is 12.0. The summed E-state index contributed by atoms with van der Waals surface area (Å²) in [5, 5.41) is 4.88. The lowest BCUT2D eigenvalue weighted by Crippen LogP contribution is -2.33. The van der Waals surface area contributed by atoms with E-state index in [9.17, 15) is 13.6 Å². The topological polar surface area (TPSA) is 41.1 Å². The standard InChI is InChI=1S/C15H22F2N2O/c1-3-5-7-11(4-2)10-18-15(20)19-14-12(16)8-6-9-13(14)17/h6,8-9,11H,3-5,7,10H2,1-2H3,(H2,18,19,20). The summed E-state index contributed by atoms with van der Waals surface area (Å²) in [6.45, 7) is 4.70. The van der Waals surface area contributed by atoms with Crippen LogP contribution in [0.5, 0.6) is 0 Å². The molecule has 0 fully saturated rings. The van der Waals surface area contributed by atoms with Gasteiger partial charge in [-0.05, 0) is 24.5 Å². The van der Waals surface area contributed by atoms with E-state index in [0.29, 0.717) is 12.5 Å².